The van der Waals surface area contributed by atoms with Crippen LogP contribution < -0.4 is 10.6 Å². The fourth-order valence-corrected chi connectivity index (χ4v) is 8.43. The quantitative estimate of drug-likeness (QED) is 0.155. The lowest BCUT2D eigenvalue weighted by atomic mass is 9.75. The second-order valence-corrected chi connectivity index (χ2v) is 21.8. The summed E-state index contributed by atoms with van der Waals surface area (Å²) in [4.78, 5) is 0. The summed E-state index contributed by atoms with van der Waals surface area (Å²) in [7, 11) is 2.28. The zero-order chi connectivity index (χ0) is 36.9. The van der Waals surface area contributed by atoms with Crippen molar-refractivity contribution in [2.75, 3.05) is 0 Å². The molecule has 266 valence electrons. The standard InChI is InChI=1S/C46H70P2/c1-41(2,3)33-29-35(43(7,8)9)39(36(30-33)44(10,11)12)47-27-25-23-21-19-20-22-24-26-28-48-40-37(45(13,14)15)31-34(42(4,5)6)32-38(40)46(16,17)18/h29-32H,19-24H2,1-18H3/q-2. The molecule has 0 atom stereocenters. The molecule has 48 heavy (non-hydrogen) atoms. The van der Waals surface area contributed by atoms with Gasteiger partial charge < -0.3 is 17.2 Å². The average Bonchev–Trinajstić information content (AvgIpc) is 2.89. The van der Waals surface area contributed by atoms with Crippen LogP contribution in [0.5, 0.6) is 0 Å². The van der Waals surface area contributed by atoms with Gasteiger partial charge in [0.05, 0.1) is 0 Å². The number of rotatable bonds is 7. The Bertz CT molecular complexity index is 1320. The third kappa shape index (κ3) is 12.6. The summed E-state index contributed by atoms with van der Waals surface area (Å²) in [6.07, 6.45) is 6.73. The summed E-state index contributed by atoms with van der Waals surface area (Å²) in [5.74, 6) is 7.04. The zero-order valence-corrected chi connectivity index (χ0v) is 36.2. The third-order valence-corrected chi connectivity index (χ3v) is 11.0. The van der Waals surface area contributed by atoms with Crippen LogP contribution in [0, 0.1) is 23.2 Å². The Labute approximate surface area is 303 Å². The lowest BCUT2D eigenvalue weighted by Gasteiger charge is -2.38. The molecule has 0 fully saturated rings. The van der Waals surface area contributed by atoms with Crippen LogP contribution in [-0.2, 0) is 32.5 Å². The fraction of sp³-hybridized carbons (Fsp3) is 0.652. The van der Waals surface area contributed by atoms with Gasteiger partial charge in [0, 0.05) is 12.8 Å². The lowest BCUT2D eigenvalue weighted by Crippen LogP contribution is -2.30. The second-order valence-electron chi connectivity index (χ2n) is 20.1. The predicted octanol–water partition coefficient (Wildman–Crippen LogP) is 13.6. The Morgan fingerprint density at radius 3 is 0.833 bits per heavy atom. The lowest BCUT2D eigenvalue weighted by molar-refractivity contribution is 0.553. The summed E-state index contributed by atoms with van der Waals surface area (Å²) in [5, 5.41) is 2.84. The number of benzene rings is 2. The van der Waals surface area contributed by atoms with E-state index in [-0.39, 0.29) is 32.5 Å². The van der Waals surface area contributed by atoms with Crippen LogP contribution in [-0.4, -0.2) is 0 Å². The molecule has 0 aliphatic rings. The summed E-state index contributed by atoms with van der Waals surface area (Å²) < 4.78 is 0. The smallest absolute Gasteiger partial charge is 0.00618 e. The van der Waals surface area contributed by atoms with E-state index < -0.39 is 0 Å². The van der Waals surface area contributed by atoms with Crippen LogP contribution >= 0.6 is 17.2 Å². The highest BCUT2D eigenvalue weighted by molar-refractivity contribution is 7.53. The van der Waals surface area contributed by atoms with Gasteiger partial charge in [0.25, 0.3) is 0 Å². The minimum absolute atomic E-state index is 0.0777. The first-order valence-electron chi connectivity index (χ1n) is 18.4. The Morgan fingerprint density at radius 1 is 0.375 bits per heavy atom. The summed E-state index contributed by atoms with van der Waals surface area (Å²) in [6.45, 7) is 42.0. The van der Waals surface area contributed by atoms with E-state index in [1.165, 1.54) is 69.7 Å². The molecule has 0 aliphatic carbocycles. The van der Waals surface area contributed by atoms with Gasteiger partial charge >= 0.3 is 0 Å². The average molecular weight is 685 g/mol. The maximum atomic E-state index is 3.56. The van der Waals surface area contributed by atoms with E-state index in [9.17, 15) is 0 Å². The molecule has 0 spiro atoms. The molecule has 2 aromatic rings. The molecule has 0 bridgehead atoms. The van der Waals surface area contributed by atoms with Crippen LogP contribution in [0.4, 0.5) is 0 Å². The molecule has 2 heteroatoms. The highest BCUT2D eigenvalue weighted by atomic mass is 31.1. The van der Waals surface area contributed by atoms with E-state index in [1.54, 1.807) is 0 Å². The zero-order valence-electron chi connectivity index (χ0n) is 34.4. The van der Waals surface area contributed by atoms with Gasteiger partial charge in [-0.2, -0.15) is 10.6 Å². The van der Waals surface area contributed by atoms with Gasteiger partial charge in [-0.1, -0.05) is 184 Å². The molecule has 0 amide bonds. The van der Waals surface area contributed by atoms with Crippen molar-refractivity contribution >= 4 is 27.8 Å². The van der Waals surface area contributed by atoms with Crippen molar-refractivity contribution in [3.8, 4) is 23.2 Å². The summed E-state index contributed by atoms with van der Waals surface area (Å²) in [5.41, 5.74) is 16.3. The Kier molecular flexibility index (Phi) is 14.4. The van der Waals surface area contributed by atoms with E-state index in [4.69, 9.17) is 0 Å². The third-order valence-electron chi connectivity index (χ3n) is 9.03. The fourth-order valence-electron chi connectivity index (χ4n) is 5.75. The van der Waals surface area contributed by atoms with Gasteiger partial charge in [-0.25, -0.2) is 0 Å². The van der Waals surface area contributed by atoms with Crippen molar-refractivity contribution in [2.24, 2.45) is 0 Å². The normalized spacial score (nSPS) is 13.6. The first-order valence-corrected chi connectivity index (χ1v) is 20.2. The van der Waals surface area contributed by atoms with Crippen LogP contribution in [0.25, 0.3) is 0 Å². The summed E-state index contributed by atoms with van der Waals surface area (Å²) >= 11 is 0. The van der Waals surface area contributed by atoms with Gasteiger partial charge in [0.2, 0.25) is 0 Å². The van der Waals surface area contributed by atoms with Crippen molar-refractivity contribution < 1.29 is 0 Å². The Morgan fingerprint density at radius 2 is 0.625 bits per heavy atom. The van der Waals surface area contributed by atoms with Crippen LogP contribution in [0.15, 0.2) is 24.3 Å². The van der Waals surface area contributed by atoms with Crippen molar-refractivity contribution in [3.63, 3.8) is 0 Å². The molecule has 0 unspecified atom stereocenters. The summed E-state index contributed by atoms with van der Waals surface area (Å²) in [6, 6.07) is 9.82. The van der Waals surface area contributed by atoms with Gasteiger partial charge in [0.15, 0.2) is 0 Å². The topological polar surface area (TPSA) is 0 Å². The van der Waals surface area contributed by atoms with Crippen molar-refractivity contribution in [1.29, 1.82) is 0 Å². The first kappa shape index (κ1) is 42.6. The Hall–Kier alpha value is -1.58. The molecule has 0 heterocycles. The van der Waals surface area contributed by atoms with Gasteiger partial charge in [-0.3, -0.25) is 11.3 Å². The maximum Gasteiger partial charge on any atom is 0.00618 e. The molecule has 0 N–H and O–H groups in total. The number of hydrogen-bond donors (Lipinski definition) is 0. The van der Waals surface area contributed by atoms with E-state index in [1.807, 2.05) is 0 Å². The first-order chi connectivity index (χ1) is 21.6. The van der Waals surface area contributed by atoms with E-state index >= 15 is 0 Å². The van der Waals surface area contributed by atoms with E-state index in [0.717, 1.165) is 30.0 Å². The molecule has 2 aromatic carbocycles. The van der Waals surface area contributed by atoms with Crippen LogP contribution in [0.1, 0.15) is 197 Å². The maximum absolute atomic E-state index is 3.56. The second kappa shape index (κ2) is 16.2. The highest BCUT2D eigenvalue weighted by Crippen LogP contribution is 2.38. The molecule has 0 saturated heterocycles. The van der Waals surface area contributed by atoms with Gasteiger partial charge in [-0.05, 0) is 56.5 Å². The molecule has 0 saturated carbocycles. The highest BCUT2D eigenvalue weighted by Gasteiger charge is 2.27. The van der Waals surface area contributed by atoms with Crippen molar-refractivity contribution in [1.82, 2.24) is 0 Å². The molecule has 0 aromatic heterocycles. The molecule has 0 radical (unpaired) electrons. The molecule has 2 rings (SSSR count). The van der Waals surface area contributed by atoms with Crippen LogP contribution in [0.3, 0.4) is 0 Å². The van der Waals surface area contributed by atoms with E-state index in [0.29, 0.717) is 0 Å². The van der Waals surface area contributed by atoms with Crippen molar-refractivity contribution in [3.05, 3.63) is 57.6 Å². The van der Waals surface area contributed by atoms with Crippen molar-refractivity contribution in [2.45, 2.75) is 196 Å². The molecular weight excluding hydrogens is 614 g/mol. The molecule has 0 aliphatic heterocycles. The molecule has 0 nitrogen and oxygen atoms in total. The van der Waals surface area contributed by atoms with E-state index in [2.05, 4.69) is 172 Å². The molecular formula is C46H70P2-2. The number of unbranched alkanes of at least 4 members (excludes halogenated alkanes) is 5. The minimum Gasteiger partial charge on any atom is -0.419 e. The SMILES string of the molecule is CC(C)(C)c1cc(C(C)(C)C)c([P-]C#CCCCCCCC#C[P-]c2c(C(C)(C)C)cc(C(C)(C)C)cc2C(C)(C)C)c(C(C)(C)C)c1. The van der Waals surface area contributed by atoms with Crippen LogP contribution in [0.2, 0.25) is 0 Å². The monoisotopic (exact) mass is 684 g/mol. The van der Waals surface area contributed by atoms with Gasteiger partial charge in [0.1, 0.15) is 0 Å². The largest absolute Gasteiger partial charge is 0.419 e. The number of hydrogen-bond acceptors (Lipinski definition) is 0. The predicted molar refractivity (Wildman–Crippen MR) is 221 cm³/mol. The Balaban J connectivity index is 2.03. The minimum atomic E-state index is 0.0777. The van der Waals surface area contributed by atoms with Gasteiger partial charge in [-0.15, -0.1) is 11.8 Å².